The smallest absolute Gasteiger partial charge is 0.206 e. The lowest BCUT2D eigenvalue weighted by Gasteiger charge is -2.11. The van der Waals surface area contributed by atoms with Gasteiger partial charge in [0.25, 0.3) is 0 Å². The van der Waals surface area contributed by atoms with Gasteiger partial charge in [-0.15, -0.1) is 10.2 Å². The molecule has 15 heavy (non-hydrogen) atoms. The van der Waals surface area contributed by atoms with Gasteiger partial charge < -0.3 is 5.32 Å². The lowest BCUT2D eigenvalue weighted by molar-refractivity contribution is 0.560. The Hall–Kier alpha value is -0.950. The maximum atomic E-state index is 4.14. The number of halogens is 1. The van der Waals surface area contributed by atoms with Gasteiger partial charge >= 0.3 is 0 Å². The van der Waals surface area contributed by atoms with Crippen molar-refractivity contribution in [3.05, 3.63) is 22.4 Å². The fraction of sp³-hybridized carbons (Fsp3) is 0.375. The van der Waals surface area contributed by atoms with Crippen LogP contribution < -0.4 is 5.32 Å². The molecule has 1 unspecified atom stereocenters. The van der Waals surface area contributed by atoms with E-state index in [1.807, 2.05) is 16.9 Å². The number of aromatic nitrogens is 4. The molecule has 2 rings (SSSR count). The summed E-state index contributed by atoms with van der Waals surface area (Å²) < 4.78 is 2.67. The van der Waals surface area contributed by atoms with Crippen LogP contribution in [0.5, 0.6) is 0 Å². The molecule has 0 bridgehead atoms. The second-order valence-electron chi connectivity index (χ2n) is 3.13. The zero-order valence-electron chi connectivity index (χ0n) is 8.09. The van der Waals surface area contributed by atoms with Gasteiger partial charge in [0.15, 0.2) is 3.92 Å². The maximum Gasteiger partial charge on any atom is 0.206 e. The molecule has 0 radical (unpaired) electrons. The number of nitrogens with zero attached hydrogens (tertiary/aromatic N) is 4. The number of anilines is 1. The van der Waals surface area contributed by atoms with Crippen molar-refractivity contribution in [1.82, 2.24) is 20.0 Å². The molecule has 5 nitrogen and oxygen atoms in total. The number of rotatable bonds is 4. The Morgan fingerprint density at radius 3 is 3.07 bits per heavy atom. The number of hydrogen-bond donors (Lipinski definition) is 1. The van der Waals surface area contributed by atoms with Gasteiger partial charge in [0, 0.05) is 18.4 Å². The Labute approximate surface area is 99.7 Å². The molecule has 80 valence electrons. The minimum atomic E-state index is 0.268. The minimum Gasteiger partial charge on any atom is -0.356 e. The Kier molecular flexibility index (Phi) is 3.32. The lowest BCUT2D eigenvalue weighted by Crippen LogP contribution is -2.22. The van der Waals surface area contributed by atoms with Gasteiger partial charge in [-0.25, -0.2) is 0 Å². The summed E-state index contributed by atoms with van der Waals surface area (Å²) in [6.07, 6.45) is 3.71. The van der Waals surface area contributed by atoms with E-state index in [-0.39, 0.29) is 6.04 Å². The van der Waals surface area contributed by atoms with Crippen LogP contribution in [0.3, 0.4) is 0 Å². The molecule has 0 aliphatic carbocycles. The van der Waals surface area contributed by atoms with Crippen LogP contribution in [0.15, 0.2) is 22.4 Å². The highest BCUT2D eigenvalue weighted by atomic mass is 79.9. The Morgan fingerprint density at radius 2 is 2.47 bits per heavy atom. The predicted octanol–water partition coefficient (Wildman–Crippen LogP) is 2.00. The van der Waals surface area contributed by atoms with E-state index >= 15 is 0 Å². The summed E-state index contributed by atoms with van der Waals surface area (Å²) in [5.41, 5.74) is 0. The Morgan fingerprint density at radius 1 is 1.60 bits per heavy atom. The van der Waals surface area contributed by atoms with E-state index in [9.17, 15) is 0 Å². The summed E-state index contributed by atoms with van der Waals surface area (Å²) in [5, 5.41) is 16.0. The third-order valence-corrected chi connectivity index (χ3v) is 3.08. The first-order valence-electron chi connectivity index (χ1n) is 4.47. The van der Waals surface area contributed by atoms with Gasteiger partial charge in [0.1, 0.15) is 0 Å². The zero-order chi connectivity index (χ0) is 10.7. The first-order chi connectivity index (χ1) is 7.24. The lowest BCUT2D eigenvalue weighted by atomic mass is 10.3. The maximum absolute atomic E-state index is 4.14. The molecule has 2 aromatic rings. The zero-order valence-corrected chi connectivity index (χ0v) is 10.5. The van der Waals surface area contributed by atoms with Crippen molar-refractivity contribution in [2.75, 3.05) is 5.32 Å². The molecular weight excluding hydrogens is 278 g/mol. The summed E-state index contributed by atoms with van der Waals surface area (Å²) >= 11 is 4.75. The number of hydrogen-bond acceptors (Lipinski definition) is 5. The topological polar surface area (TPSA) is 55.6 Å². The van der Waals surface area contributed by atoms with Crippen molar-refractivity contribution < 1.29 is 0 Å². The van der Waals surface area contributed by atoms with E-state index in [0.29, 0.717) is 0 Å². The van der Waals surface area contributed by atoms with Crippen molar-refractivity contribution in [2.24, 2.45) is 0 Å². The van der Waals surface area contributed by atoms with Gasteiger partial charge in [0.05, 0.1) is 6.54 Å². The normalized spacial score (nSPS) is 12.7. The van der Waals surface area contributed by atoms with Crippen LogP contribution in [0.2, 0.25) is 0 Å². The molecule has 0 spiro atoms. The molecule has 7 heteroatoms. The molecule has 0 fully saturated rings. The van der Waals surface area contributed by atoms with Crippen LogP contribution in [0.4, 0.5) is 5.13 Å². The van der Waals surface area contributed by atoms with Gasteiger partial charge in [-0.1, -0.05) is 11.3 Å². The monoisotopic (exact) mass is 287 g/mol. The molecular formula is C8H10BrN5S. The molecule has 0 saturated heterocycles. The second kappa shape index (κ2) is 4.71. The third-order valence-electron chi connectivity index (χ3n) is 1.79. The van der Waals surface area contributed by atoms with Crippen LogP contribution in [-0.4, -0.2) is 26.0 Å². The molecule has 0 amide bonds. The summed E-state index contributed by atoms with van der Waals surface area (Å²) in [7, 11) is 0. The Bertz CT molecular complexity index is 412. The fourth-order valence-electron chi connectivity index (χ4n) is 1.21. The number of nitrogens with one attached hydrogen (secondary N) is 1. The molecule has 0 saturated carbocycles. The molecule has 2 heterocycles. The molecule has 0 aliphatic rings. The van der Waals surface area contributed by atoms with Gasteiger partial charge in [-0.05, 0) is 28.9 Å². The molecule has 2 aromatic heterocycles. The molecule has 0 aromatic carbocycles. The quantitative estimate of drug-likeness (QED) is 0.935. The van der Waals surface area contributed by atoms with Crippen molar-refractivity contribution in [2.45, 2.75) is 19.5 Å². The van der Waals surface area contributed by atoms with E-state index in [2.05, 4.69) is 43.5 Å². The average Bonchev–Trinajstić information content (AvgIpc) is 2.77. The second-order valence-corrected chi connectivity index (χ2v) is 5.39. The highest BCUT2D eigenvalue weighted by molar-refractivity contribution is 9.11. The van der Waals surface area contributed by atoms with Crippen LogP contribution >= 0.6 is 27.3 Å². The van der Waals surface area contributed by atoms with E-state index in [1.165, 1.54) is 11.3 Å². The fourth-order valence-corrected chi connectivity index (χ4v) is 2.33. The van der Waals surface area contributed by atoms with Gasteiger partial charge in [-0.2, -0.15) is 5.10 Å². The first-order valence-corrected chi connectivity index (χ1v) is 6.08. The first kappa shape index (κ1) is 10.6. The summed E-state index contributed by atoms with van der Waals surface area (Å²) in [5.74, 6) is 0. The van der Waals surface area contributed by atoms with Gasteiger partial charge in [-0.3, -0.25) is 4.68 Å². The van der Waals surface area contributed by atoms with E-state index in [4.69, 9.17) is 0 Å². The van der Waals surface area contributed by atoms with Crippen molar-refractivity contribution >= 4 is 32.4 Å². The van der Waals surface area contributed by atoms with Crippen LogP contribution in [0, 0.1) is 0 Å². The summed E-state index contributed by atoms with van der Waals surface area (Å²) in [4.78, 5) is 0. The highest BCUT2D eigenvalue weighted by Gasteiger charge is 2.06. The molecule has 1 atom stereocenters. The van der Waals surface area contributed by atoms with Crippen molar-refractivity contribution in [1.29, 1.82) is 0 Å². The standard InChI is InChI=1S/C8H10BrN5S/c1-6(5-14-4-2-3-10-14)11-8-13-12-7(9)15-8/h2-4,6H,5H2,1H3,(H,11,13). The predicted molar refractivity (Wildman–Crippen MR) is 62.9 cm³/mol. The summed E-state index contributed by atoms with van der Waals surface area (Å²) in [6.45, 7) is 2.89. The van der Waals surface area contributed by atoms with E-state index < -0.39 is 0 Å². The highest BCUT2D eigenvalue weighted by Crippen LogP contribution is 2.20. The SMILES string of the molecule is CC(Cn1cccn1)Nc1nnc(Br)s1. The van der Waals surface area contributed by atoms with Gasteiger partial charge in [0.2, 0.25) is 5.13 Å². The van der Waals surface area contributed by atoms with Crippen molar-refractivity contribution in [3.63, 3.8) is 0 Å². The third kappa shape index (κ3) is 3.00. The van der Waals surface area contributed by atoms with Crippen LogP contribution in [0.1, 0.15) is 6.92 Å². The van der Waals surface area contributed by atoms with Crippen LogP contribution in [-0.2, 0) is 6.54 Å². The van der Waals surface area contributed by atoms with Crippen molar-refractivity contribution in [3.8, 4) is 0 Å². The largest absolute Gasteiger partial charge is 0.356 e. The average molecular weight is 288 g/mol. The molecule has 0 aliphatic heterocycles. The van der Waals surface area contributed by atoms with E-state index in [1.54, 1.807) is 6.20 Å². The molecule has 1 N–H and O–H groups in total. The summed E-state index contributed by atoms with van der Waals surface area (Å²) in [6, 6.07) is 2.18. The van der Waals surface area contributed by atoms with Crippen LogP contribution in [0.25, 0.3) is 0 Å². The minimum absolute atomic E-state index is 0.268. The Balaban J connectivity index is 1.90. The van der Waals surface area contributed by atoms with E-state index in [0.717, 1.165) is 15.6 Å².